The number of para-hydroxylation sites is 1. The summed E-state index contributed by atoms with van der Waals surface area (Å²) in [5.41, 5.74) is 0.107. The number of nitrogens with zero attached hydrogens (tertiary/aromatic N) is 1. The Morgan fingerprint density at radius 2 is 1.57 bits per heavy atom. The first-order valence-electron chi connectivity index (χ1n) is 4.70. The molecule has 0 aromatic heterocycles. The molecule has 0 radical (unpaired) electrons. The van der Waals surface area contributed by atoms with Crippen molar-refractivity contribution in [1.29, 1.82) is 0 Å². The van der Waals surface area contributed by atoms with Crippen molar-refractivity contribution in [3.8, 4) is 0 Å². The Kier molecular flexibility index (Phi) is 1.23. The maximum absolute atomic E-state index is 11.7. The molecule has 0 bridgehead atoms. The molecule has 1 aliphatic heterocycles. The van der Waals surface area contributed by atoms with E-state index >= 15 is 0 Å². The van der Waals surface area contributed by atoms with Crippen molar-refractivity contribution in [2.75, 3.05) is 4.90 Å². The first-order chi connectivity index (χ1) is 6.76. The van der Waals surface area contributed by atoms with E-state index in [0.717, 1.165) is 12.8 Å². The van der Waals surface area contributed by atoms with Gasteiger partial charge in [0.15, 0.2) is 0 Å². The lowest BCUT2D eigenvalue weighted by molar-refractivity contribution is -0.145. The fourth-order valence-corrected chi connectivity index (χ4v) is 1.92. The van der Waals surface area contributed by atoms with Gasteiger partial charge in [0.05, 0.1) is 5.69 Å². The molecule has 3 rings (SSSR count). The summed E-state index contributed by atoms with van der Waals surface area (Å²) in [6.45, 7) is 0. The zero-order valence-electron chi connectivity index (χ0n) is 7.56. The van der Waals surface area contributed by atoms with Gasteiger partial charge in [-0.3, -0.25) is 9.59 Å². The smallest absolute Gasteiger partial charge is 0.249 e. The van der Waals surface area contributed by atoms with Crippen LogP contribution < -0.4 is 4.90 Å². The molecule has 3 nitrogen and oxygen atoms in total. The Morgan fingerprint density at radius 1 is 1.00 bits per heavy atom. The monoisotopic (exact) mass is 187 g/mol. The van der Waals surface area contributed by atoms with Crippen LogP contribution in [0.15, 0.2) is 30.3 Å². The van der Waals surface area contributed by atoms with Gasteiger partial charge in [-0.15, -0.1) is 0 Å². The molecule has 3 heteroatoms. The van der Waals surface area contributed by atoms with Crippen LogP contribution in [0.4, 0.5) is 5.69 Å². The molecule has 1 spiro atoms. The molecule has 0 N–H and O–H groups in total. The van der Waals surface area contributed by atoms with Crippen molar-refractivity contribution in [2.45, 2.75) is 12.8 Å². The lowest BCUT2D eigenvalue weighted by Gasteiger charge is -2.36. The number of amides is 2. The lowest BCUT2D eigenvalue weighted by Crippen LogP contribution is -2.59. The van der Waals surface area contributed by atoms with Gasteiger partial charge < -0.3 is 0 Å². The van der Waals surface area contributed by atoms with Gasteiger partial charge in [0.25, 0.3) is 0 Å². The second-order valence-corrected chi connectivity index (χ2v) is 3.86. The van der Waals surface area contributed by atoms with Crippen molar-refractivity contribution in [1.82, 2.24) is 0 Å². The van der Waals surface area contributed by atoms with Gasteiger partial charge in [0.2, 0.25) is 11.8 Å². The lowest BCUT2D eigenvalue weighted by atomic mass is 9.93. The Bertz CT molecular complexity index is 402. The molecular weight excluding hydrogens is 178 g/mol. The molecule has 1 aliphatic carbocycles. The second-order valence-electron chi connectivity index (χ2n) is 3.86. The van der Waals surface area contributed by atoms with Gasteiger partial charge in [-0.05, 0) is 25.0 Å². The van der Waals surface area contributed by atoms with Crippen molar-refractivity contribution in [2.24, 2.45) is 5.41 Å². The number of hydrogen-bond acceptors (Lipinski definition) is 2. The molecule has 1 heterocycles. The third-order valence-electron chi connectivity index (χ3n) is 2.99. The quantitative estimate of drug-likeness (QED) is 0.491. The average Bonchev–Trinajstić information content (AvgIpc) is 3.01. The van der Waals surface area contributed by atoms with E-state index in [-0.39, 0.29) is 11.8 Å². The SMILES string of the molecule is O=C1N(c2ccccc2)C(=O)C12CC2. The summed E-state index contributed by atoms with van der Waals surface area (Å²) in [5.74, 6) is -0.0394. The highest BCUT2D eigenvalue weighted by atomic mass is 16.2. The Morgan fingerprint density at radius 3 is 2.07 bits per heavy atom. The average molecular weight is 187 g/mol. The Labute approximate surface area is 81.3 Å². The van der Waals surface area contributed by atoms with E-state index in [4.69, 9.17) is 0 Å². The third-order valence-corrected chi connectivity index (χ3v) is 2.99. The number of imide groups is 1. The second kappa shape index (κ2) is 2.23. The summed E-state index contributed by atoms with van der Waals surface area (Å²) < 4.78 is 0. The van der Waals surface area contributed by atoms with E-state index in [2.05, 4.69) is 0 Å². The standard InChI is InChI=1S/C11H9NO2/c13-9-11(6-7-11)10(14)12(9)8-4-2-1-3-5-8/h1-5H,6-7H2. The number of carbonyl (C=O) groups excluding carboxylic acids is 2. The summed E-state index contributed by atoms with van der Waals surface area (Å²) in [5, 5.41) is 0. The number of β-lactam (4-membered cyclic amide) rings is 2. The van der Waals surface area contributed by atoms with Crippen LogP contribution in [0.5, 0.6) is 0 Å². The van der Waals surface area contributed by atoms with E-state index in [9.17, 15) is 9.59 Å². The van der Waals surface area contributed by atoms with Crippen LogP contribution in [-0.2, 0) is 9.59 Å². The zero-order chi connectivity index (χ0) is 9.76. The van der Waals surface area contributed by atoms with Gasteiger partial charge in [-0.2, -0.15) is 0 Å². The fourth-order valence-electron chi connectivity index (χ4n) is 1.92. The maximum atomic E-state index is 11.7. The predicted octanol–water partition coefficient (Wildman–Crippen LogP) is 1.34. The largest absolute Gasteiger partial charge is 0.273 e. The van der Waals surface area contributed by atoms with Crippen LogP contribution in [0.2, 0.25) is 0 Å². The highest BCUT2D eigenvalue weighted by Crippen LogP contribution is 2.56. The molecule has 1 saturated carbocycles. The van der Waals surface area contributed by atoms with E-state index < -0.39 is 5.41 Å². The van der Waals surface area contributed by atoms with Crippen LogP contribution in [0, 0.1) is 5.41 Å². The van der Waals surface area contributed by atoms with Crippen LogP contribution in [0.3, 0.4) is 0 Å². The summed E-state index contributed by atoms with van der Waals surface area (Å²) >= 11 is 0. The first-order valence-corrected chi connectivity index (χ1v) is 4.70. The first kappa shape index (κ1) is 7.74. The van der Waals surface area contributed by atoms with Crippen molar-refractivity contribution in [3.05, 3.63) is 30.3 Å². The highest BCUT2D eigenvalue weighted by Gasteiger charge is 2.69. The minimum Gasteiger partial charge on any atom is -0.273 e. The topological polar surface area (TPSA) is 37.4 Å². The van der Waals surface area contributed by atoms with E-state index in [1.165, 1.54) is 4.90 Å². The molecule has 1 aromatic rings. The molecule has 2 aliphatic rings. The zero-order valence-corrected chi connectivity index (χ0v) is 7.56. The van der Waals surface area contributed by atoms with Crippen LogP contribution in [0.25, 0.3) is 0 Å². The molecule has 14 heavy (non-hydrogen) atoms. The highest BCUT2D eigenvalue weighted by molar-refractivity contribution is 6.37. The fraction of sp³-hybridized carbons (Fsp3) is 0.273. The normalized spacial score (nSPS) is 22.4. The van der Waals surface area contributed by atoms with Gasteiger partial charge >= 0.3 is 0 Å². The maximum Gasteiger partial charge on any atom is 0.249 e. The molecule has 0 atom stereocenters. The summed E-state index contributed by atoms with van der Waals surface area (Å²) in [4.78, 5) is 24.6. The van der Waals surface area contributed by atoms with Gasteiger partial charge in [-0.25, -0.2) is 4.90 Å². The number of anilines is 1. The Hall–Kier alpha value is -1.64. The minimum absolute atomic E-state index is 0.0197. The predicted molar refractivity (Wildman–Crippen MR) is 50.6 cm³/mol. The van der Waals surface area contributed by atoms with Crippen LogP contribution >= 0.6 is 0 Å². The van der Waals surface area contributed by atoms with Crippen molar-refractivity contribution < 1.29 is 9.59 Å². The molecule has 70 valence electrons. The summed E-state index contributed by atoms with van der Waals surface area (Å²) in [6, 6.07) is 9.09. The summed E-state index contributed by atoms with van der Waals surface area (Å²) in [7, 11) is 0. The van der Waals surface area contributed by atoms with Gasteiger partial charge in [-0.1, -0.05) is 18.2 Å². The van der Waals surface area contributed by atoms with E-state index in [1.807, 2.05) is 18.2 Å². The molecular formula is C11H9NO2. The van der Waals surface area contributed by atoms with Crippen molar-refractivity contribution in [3.63, 3.8) is 0 Å². The van der Waals surface area contributed by atoms with E-state index in [0.29, 0.717) is 5.69 Å². The minimum atomic E-state index is -0.587. The van der Waals surface area contributed by atoms with Gasteiger partial charge in [0.1, 0.15) is 5.41 Å². The molecule has 1 aromatic carbocycles. The van der Waals surface area contributed by atoms with E-state index in [1.54, 1.807) is 12.1 Å². The van der Waals surface area contributed by atoms with Crippen LogP contribution in [0.1, 0.15) is 12.8 Å². The number of benzene rings is 1. The van der Waals surface area contributed by atoms with Gasteiger partial charge in [0, 0.05) is 0 Å². The van der Waals surface area contributed by atoms with Crippen LogP contribution in [-0.4, -0.2) is 11.8 Å². The number of carbonyl (C=O) groups is 2. The molecule has 2 amide bonds. The Balaban J connectivity index is 1.96. The van der Waals surface area contributed by atoms with Crippen molar-refractivity contribution >= 4 is 17.5 Å². The number of rotatable bonds is 1. The molecule has 0 unspecified atom stereocenters. The summed E-state index contributed by atoms with van der Waals surface area (Å²) in [6.07, 6.45) is 1.49. The number of hydrogen-bond donors (Lipinski definition) is 0. The third kappa shape index (κ3) is 0.726. The molecule has 1 saturated heterocycles. The molecule has 2 fully saturated rings.